The van der Waals surface area contributed by atoms with Crippen LogP contribution in [0, 0.1) is 11.6 Å². The van der Waals surface area contributed by atoms with E-state index in [0.717, 1.165) is 25.1 Å². The summed E-state index contributed by atoms with van der Waals surface area (Å²) in [5, 5.41) is 3.09. The van der Waals surface area contributed by atoms with Crippen LogP contribution in [0.2, 0.25) is 0 Å². The van der Waals surface area contributed by atoms with Crippen LogP contribution in [-0.2, 0) is 6.54 Å². The second-order valence-corrected chi connectivity index (χ2v) is 4.69. The highest BCUT2D eigenvalue weighted by Gasteiger charge is 2.13. The summed E-state index contributed by atoms with van der Waals surface area (Å²) in [7, 11) is 1.93. The minimum Gasteiger partial charge on any atom is -0.352 e. The Labute approximate surface area is 107 Å². The summed E-state index contributed by atoms with van der Waals surface area (Å²) in [5.74, 6) is -0.913. The van der Waals surface area contributed by atoms with Gasteiger partial charge in [-0.3, -0.25) is 4.99 Å². The SMILES string of the molecule is CN1CCN=C1NCc1cc(F)c(F)cc1Br. The molecule has 17 heavy (non-hydrogen) atoms. The van der Waals surface area contributed by atoms with Crippen LogP contribution in [0.4, 0.5) is 8.78 Å². The van der Waals surface area contributed by atoms with E-state index >= 15 is 0 Å². The van der Waals surface area contributed by atoms with E-state index in [2.05, 4.69) is 26.2 Å². The first-order valence-electron chi connectivity index (χ1n) is 5.21. The summed E-state index contributed by atoms with van der Waals surface area (Å²) < 4.78 is 26.5. The fourth-order valence-electron chi connectivity index (χ4n) is 1.60. The van der Waals surface area contributed by atoms with Crippen LogP contribution in [0.1, 0.15) is 5.56 Å². The van der Waals surface area contributed by atoms with E-state index in [1.807, 2.05) is 11.9 Å². The molecule has 92 valence electrons. The Morgan fingerprint density at radius 2 is 2.12 bits per heavy atom. The van der Waals surface area contributed by atoms with E-state index in [4.69, 9.17) is 0 Å². The molecule has 0 aliphatic carbocycles. The van der Waals surface area contributed by atoms with Gasteiger partial charge in [0.15, 0.2) is 17.6 Å². The Morgan fingerprint density at radius 1 is 1.41 bits per heavy atom. The fourth-order valence-corrected chi connectivity index (χ4v) is 2.05. The third-order valence-electron chi connectivity index (χ3n) is 2.58. The largest absolute Gasteiger partial charge is 0.352 e. The molecule has 0 amide bonds. The molecular weight excluding hydrogens is 292 g/mol. The maximum atomic E-state index is 13.1. The summed E-state index contributed by atoms with van der Waals surface area (Å²) in [5.41, 5.74) is 0.659. The summed E-state index contributed by atoms with van der Waals surface area (Å²) in [6, 6.07) is 2.31. The first-order chi connectivity index (χ1) is 8.08. The van der Waals surface area contributed by atoms with E-state index in [9.17, 15) is 8.78 Å². The molecule has 1 aliphatic heterocycles. The van der Waals surface area contributed by atoms with Crippen molar-refractivity contribution in [1.29, 1.82) is 0 Å². The number of aliphatic imine (C=N–C) groups is 1. The molecule has 2 rings (SSSR count). The van der Waals surface area contributed by atoms with E-state index in [1.54, 1.807) is 0 Å². The van der Waals surface area contributed by atoms with Crippen LogP contribution in [0.25, 0.3) is 0 Å². The summed E-state index contributed by atoms with van der Waals surface area (Å²) in [6.45, 7) is 2.04. The molecule has 1 aromatic carbocycles. The molecule has 0 bridgehead atoms. The first kappa shape index (κ1) is 12.3. The lowest BCUT2D eigenvalue weighted by molar-refractivity contribution is 0.505. The smallest absolute Gasteiger partial charge is 0.194 e. The normalized spacial score (nSPS) is 15.1. The lowest BCUT2D eigenvalue weighted by Crippen LogP contribution is -2.35. The number of guanidine groups is 1. The highest BCUT2D eigenvalue weighted by atomic mass is 79.9. The predicted octanol–water partition coefficient (Wildman–Crippen LogP) is 2.12. The number of hydrogen-bond donors (Lipinski definition) is 1. The monoisotopic (exact) mass is 303 g/mol. The van der Waals surface area contributed by atoms with Gasteiger partial charge in [-0.05, 0) is 17.7 Å². The van der Waals surface area contributed by atoms with Gasteiger partial charge in [-0.2, -0.15) is 0 Å². The van der Waals surface area contributed by atoms with Gasteiger partial charge in [0.05, 0.1) is 6.54 Å². The standard InChI is InChI=1S/C11H12BrF2N3/c1-17-3-2-15-11(17)16-6-7-4-9(13)10(14)5-8(7)12/h4-5H,2-3,6H2,1H3,(H,15,16). The molecule has 6 heteroatoms. The Bertz CT molecular complexity index is 462. The van der Waals surface area contributed by atoms with Gasteiger partial charge in [0, 0.05) is 24.6 Å². The van der Waals surface area contributed by atoms with Crippen molar-refractivity contribution in [2.24, 2.45) is 4.99 Å². The van der Waals surface area contributed by atoms with Gasteiger partial charge in [-0.15, -0.1) is 0 Å². The zero-order valence-electron chi connectivity index (χ0n) is 9.30. The van der Waals surface area contributed by atoms with Crippen LogP contribution >= 0.6 is 15.9 Å². The van der Waals surface area contributed by atoms with Crippen molar-refractivity contribution < 1.29 is 8.78 Å². The molecule has 0 unspecified atom stereocenters. The molecule has 0 radical (unpaired) electrons. The second kappa shape index (κ2) is 5.00. The lowest BCUT2D eigenvalue weighted by Gasteiger charge is -2.15. The summed E-state index contributed by atoms with van der Waals surface area (Å²) in [4.78, 5) is 6.23. The van der Waals surface area contributed by atoms with Gasteiger partial charge in [-0.1, -0.05) is 15.9 Å². The van der Waals surface area contributed by atoms with Crippen LogP contribution in [0.5, 0.6) is 0 Å². The molecule has 1 aromatic rings. The van der Waals surface area contributed by atoms with Gasteiger partial charge in [0.1, 0.15) is 0 Å². The maximum absolute atomic E-state index is 13.1. The van der Waals surface area contributed by atoms with Gasteiger partial charge in [0.25, 0.3) is 0 Å². The molecule has 1 heterocycles. The Kier molecular flexibility index (Phi) is 3.61. The van der Waals surface area contributed by atoms with Crippen molar-refractivity contribution in [2.45, 2.75) is 6.54 Å². The van der Waals surface area contributed by atoms with Crippen LogP contribution in [0.15, 0.2) is 21.6 Å². The fraction of sp³-hybridized carbons (Fsp3) is 0.364. The van der Waals surface area contributed by atoms with E-state index in [0.29, 0.717) is 16.6 Å². The third kappa shape index (κ3) is 2.74. The Morgan fingerprint density at radius 3 is 2.76 bits per heavy atom. The highest BCUT2D eigenvalue weighted by molar-refractivity contribution is 9.10. The average Bonchev–Trinajstić information content (AvgIpc) is 2.68. The number of hydrogen-bond acceptors (Lipinski definition) is 3. The van der Waals surface area contributed by atoms with Crippen molar-refractivity contribution in [3.63, 3.8) is 0 Å². The van der Waals surface area contributed by atoms with Gasteiger partial charge < -0.3 is 10.2 Å². The molecule has 0 spiro atoms. The first-order valence-corrected chi connectivity index (χ1v) is 6.00. The molecule has 0 fully saturated rings. The minimum atomic E-state index is -0.851. The van der Waals surface area contributed by atoms with Gasteiger partial charge >= 0.3 is 0 Å². The molecule has 3 nitrogen and oxygen atoms in total. The zero-order chi connectivity index (χ0) is 12.4. The zero-order valence-corrected chi connectivity index (χ0v) is 10.9. The molecule has 1 aliphatic rings. The molecule has 0 saturated carbocycles. The minimum absolute atomic E-state index is 0.404. The van der Waals surface area contributed by atoms with Crippen molar-refractivity contribution in [2.75, 3.05) is 20.1 Å². The van der Waals surface area contributed by atoms with Crippen LogP contribution in [-0.4, -0.2) is 31.0 Å². The third-order valence-corrected chi connectivity index (χ3v) is 3.32. The lowest BCUT2D eigenvalue weighted by atomic mass is 10.2. The molecule has 0 aromatic heterocycles. The number of halogens is 3. The van der Waals surface area contributed by atoms with E-state index in [1.165, 1.54) is 6.07 Å². The average molecular weight is 304 g/mol. The van der Waals surface area contributed by atoms with Crippen LogP contribution in [0.3, 0.4) is 0 Å². The van der Waals surface area contributed by atoms with Crippen molar-refractivity contribution in [1.82, 2.24) is 10.2 Å². The van der Waals surface area contributed by atoms with Crippen molar-refractivity contribution in [3.8, 4) is 0 Å². The Hall–Kier alpha value is -1.17. The van der Waals surface area contributed by atoms with Crippen molar-refractivity contribution >= 4 is 21.9 Å². The number of benzene rings is 1. The Balaban J connectivity index is 2.06. The second-order valence-electron chi connectivity index (χ2n) is 3.84. The number of nitrogens with one attached hydrogen (secondary N) is 1. The van der Waals surface area contributed by atoms with E-state index in [-0.39, 0.29) is 0 Å². The van der Waals surface area contributed by atoms with Crippen LogP contribution < -0.4 is 5.32 Å². The van der Waals surface area contributed by atoms with Crippen molar-refractivity contribution in [3.05, 3.63) is 33.8 Å². The van der Waals surface area contributed by atoms with E-state index < -0.39 is 11.6 Å². The molecule has 0 atom stereocenters. The van der Waals surface area contributed by atoms with Gasteiger partial charge in [-0.25, -0.2) is 8.78 Å². The number of likely N-dealkylation sites (N-methyl/N-ethyl adjacent to an activating group) is 1. The molecule has 0 saturated heterocycles. The topological polar surface area (TPSA) is 27.6 Å². The molecule has 1 N–H and O–H groups in total. The van der Waals surface area contributed by atoms with Gasteiger partial charge in [0.2, 0.25) is 0 Å². The maximum Gasteiger partial charge on any atom is 0.194 e. The quantitative estimate of drug-likeness (QED) is 0.848. The summed E-state index contributed by atoms with van der Waals surface area (Å²) >= 11 is 3.21. The molecular formula is C11H12BrF2N3. The summed E-state index contributed by atoms with van der Waals surface area (Å²) in [6.07, 6.45) is 0. The number of nitrogens with zero attached hydrogens (tertiary/aromatic N) is 2. The number of rotatable bonds is 2. The predicted molar refractivity (Wildman–Crippen MR) is 65.8 cm³/mol. The highest BCUT2D eigenvalue weighted by Crippen LogP contribution is 2.20.